The van der Waals surface area contributed by atoms with Crippen LogP contribution in [0.3, 0.4) is 0 Å². The first-order valence-corrected chi connectivity index (χ1v) is 7.84. The third-order valence-electron chi connectivity index (χ3n) is 3.95. The van der Waals surface area contributed by atoms with Crippen LogP contribution >= 0.6 is 11.8 Å². The first-order valence-electron chi connectivity index (χ1n) is 6.80. The Kier molecular flexibility index (Phi) is 4.36. The number of nitrogens with zero attached hydrogens (tertiary/aromatic N) is 1. The molecule has 0 radical (unpaired) electrons. The van der Waals surface area contributed by atoms with Gasteiger partial charge in [-0.05, 0) is 19.4 Å². The van der Waals surface area contributed by atoms with Crippen molar-refractivity contribution >= 4 is 17.7 Å². The van der Waals surface area contributed by atoms with E-state index >= 15 is 0 Å². The van der Waals surface area contributed by atoms with Crippen molar-refractivity contribution in [2.75, 3.05) is 31.9 Å². The summed E-state index contributed by atoms with van der Waals surface area (Å²) >= 11 is 1.98. The molecule has 1 N–H and O–H groups in total. The zero-order chi connectivity index (χ0) is 12.3. The lowest BCUT2D eigenvalue weighted by Gasteiger charge is -2.37. The number of nitrogens with one attached hydrogen (secondary N) is 1. The molecule has 0 aromatic heterocycles. The van der Waals surface area contributed by atoms with Crippen LogP contribution in [-0.2, 0) is 4.79 Å². The molecular formula is C13H24N2OS. The Labute approximate surface area is 109 Å². The lowest BCUT2D eigenvalue weighted by Crippen LogP contribution is -2.49. The largest absolute Gasteiger partial charge is 0.340 e. The summed E-state index contributed by atoms with van der Waals surface area (Å²) in [5, 5.41) is 3.97. The van der Waals surface area contributed by atoms with Crippen LogP contribution in [0.15, 0.2) is 0 Å². The highest BCUT2D eigenvalue weighted by Gasteiger charge is 2.43. The normalized spacial score (nSPS) is 34.0. The molecule has 0 bridgehead atoms. The van der Waals surface area contributed by atoms with Gasteiger partial charge in [-0.1, -0.05) is 20.3 Å². The van der Waals surface area contributed by atoms with Crippen LogP contribution in [0, 0.1) is 5.41 Å². The van der Waals surface area contributed by atoms with Gasteiger partial charge >= 0.3 is 0 Å². The molecule has 17 heavy (non-hydrogen) atoms. The SMILES string of the molecule is CCCC1(C(=O)N2CCSC(C)C2)CCNC1. The molecule has 2 aliphatic rings. The second-order valence-corrected chi connectivity index (χ2v) is 6.94. The fourth-order valence-corrected chi connectivity index (χ4v) is 4.08. The van der Waals surface area contributed by atoms with E-state index in [1.807, 2.05) is 11.8 Å². The molecule has 2 aliphatic heterocycles. The first-order chi connectivity index (χ1) is 8.18. The van der Waals surface area contributed by atoms with Gasteiger partial charge in [0.2, 0.25) is 5.91 Å². The first kappa shape index (κ1) is 13.2. The molecule has 98 valence electrons. The van der Waals surface area contributed by atoms with Gasteiger partial charge in [-0.3, -0.25) is 4.79 Å². The summed E-state index contributed by atoms with van der Waals surface area (Å²) in [6.45, 7) is 8.18. The standard InChI is InChI=1S/C13H24N2OS/c1-3-4-13(5-6-14-10-13)12(16)15-7-8-17-11(2)9-15/h11,14H,3-10H2,1-2H3. The molecule has 0 aromatic rings. The Balaban J connectivity index is 2.05. The van der Waals surface area contributed by atoms with E-state index < -0.39 is 0 Å². The van der Waals surface area contributed by atoms with Crippen LogP contribution < -0.4 is 5.32 Å². The number of rotatable bonds is 3. The van der Waals surface area contributed by atoms with Gasteiger partial charge in [0.1, 0.15) is 0 Å². The molecular weight excluding hydrogens is 232 g/mol. The van der Waals surface area contributed by atoms with Crippen LogP contribution in [0.2, 0.25) is 0 Å². The van der Waals surface area contributed by atoms with Crippen molar-refractivity contribution in [3.63, 3.8) is 0 Å². The Morgan fingerprint density at radius 3 is 3.00 bits per heavy atom. The third-order valence-corrected chi connectivity index (χ3v) is 5.09. The van der Waals surface area contributed by atoms with E-state index in [9.17, 15) is 4.79 Å². The molecule has 0 saturated carbocycles. The van der Waals surface area contributed by atoms with Gasteiger partial charge in [0.05, 0.1) is 5.41 Å². The molecule has 2 unspecified atom stereocenters. The van der Waals surface area contributed by atoms with Crippen LogP contribution in [0.25, 0.3) is 0 Å². The quantitative estimate of drug-likeness (QED) is 0.834. The molecule has 2 heterocycles. The maximum atomic E-state index is 12.7. The van der Waals surface area contributed by atoms with Gasteiger partial charge < -0.3 is 10.2 Å². The number of carbonyl (C=O) groups is 1. The van der Waals surface area contributed by atoms with Gasteiger partial charge in [-0.15, -0.1) is 0 Å². The van der Waals surface area contributed by atoms with Crippen molar-refractivity contribution < 1.29 is 4.79 Å². The molecule has 0 spiro atoms. The summed E-state index contributed by atoms with van der Waals surface area (Å²) < 4.78 is 0. The number of thioether (sulfide) groups is 1. The lowest BCUT2D eigenvalue weighted by atomic mass is 9.81. The topological polar surface area (TPSA) is 32.3 Å². The van der Waals surface area contributed by atoms with E-state index in [2.05, 4.69) is 24.1 Å². The minimum absolute atomic E-state index is 0.0868. The van der Waals surface area contributed by atoms with Crippen molar-refractivity contribution in [2.24, 2.45) is 5.41 Å². The predicted molar refractivity (Wildman–Crippen MR) is 73.3 cm³/mol. The summed E-state index contributed by atoms with van der Waals surface area (Å²) in [7, 11) is 0. The summed E-state index contributed by atoms with van der Waals surface area (Å²) in [6.07, 6.45) is 3.17. The van der Waals surface area contributed by atoms with Crippen LogP contribution in [0.4, 0.5) is 0 Å². The van der Waals surface area contributed by atoms with Gasteiger partial charge in [-0.2, -0.15) is 11.8 Å². The maximum absolute atomic E-state index is 12.7. The smallest absolute Gasteiger partial charge is 0.230 e. The predicted octanol–water partition coefficient (Wildman–Crippen LogP) is 1.73. The minimum Gasteiger partial charge on any atom is -0.340 e. The summed E-state index contributed by atoms with van der Waals surface area (Å²) in [6, 6.07) is 0. The fraction of sp³-hybridized carbons (Fsp3) is 0.923. The van der Waals surface area contributed by atoms with E-state index in [1.165, 1.54) is 0 Å². The monoisotopic (exact) mass is 256 g/mol. The van der Waals surface area contributed by atoms with E-state index in [1.54, 1.807) is 0 Å². The lowest BCUT2D eigenvalue weighted by molar-refractivity contribution is -0.141. The Morgan fingerprint density at radius 1 is 1.59 bits per heavy atom. The zero-order valence-electron chi connectivity index (χ0n) is 11.0. The van der Waals surface area contributed by atoms with Gasteiger partial charge in [-0.25, -0.2) is 0 Å². The highest BCUT2D eigenvalue weighted by Crippen LogP contribution is 2.34. The molecule has 1 amide bonds. The van der Waals surface area contributed by atoms with Crippen molar-refractivity contribution in [3.8, 4) is 0 Å². The van der Waals surface area contributed by atoms with E-state index in [0.717, 1.165) is 51.2 Å². The van der Waals surface area contributed by atoms with Crippen molar-refractivity contribution in [3.05, 3.63) is 0 Å². The van der Waals surface area contributed by atoms with Crippen molar-refractivity contribution in [1.82, 2.24) is 10.2 Å². The Morgan fingerprint density at radius 2 is 2.41 bits per heavy atom. The van der Waals surface area contributed by atoms with Crippen molar-refractivity contribution in [1.29, 1.82) is 0 Å². The van der Waals surface area contributed by atoms with Crippen LogP contribution in [0.1, 0.15) is 33.1 Å². The van der Waals surface area contributed by atoms with Gasteiger partial charge in [0.15, 0.2) is 0 Å². The molecule has 0 aromatic carbocycles. The van der Waals surface area contributed by atoms with E-state index in [4.69, 9.17) is 0 Å². The second-order valence-electron chi connectivity index (χ2n) is 5.39. The summed E-state index contributed by atoms with van der Waals surface area (Å²) in [5.41, 5.74) is -0.0868. The average Bonchev–Trinajstić information content (AvgIpc) is 2.78. The number of hydrogen-bond donors (Lipinski definition) is 1. The van der Waals surface area contributed by atoms with Crippen molar-refractivity contribution in [2.45, 2.75) is 38.4 Å². The number of carbonyl (C=O) groups excluding carboxylic acids is 1. The van der Waals surface area contributed by atoms with E-state index in [0.29, 0.717) is 11.2 Å². The Hall–Kier alpha value is -0.220. The highest BCUT2D eigenvalue weighted by molar-refractivity contribution is 7.99. The number of hydrogen-bond acceptors (Lipinski definition) is 3. The average molecular weight is 256 g/mol. The third kappa shape index (κ3) is 2.79. The highest BCUT2D eigenvalue weighted by atomic mass is 32.2. The molecule has 2 atom stereocenters. The molecule has 2 fully saturated rings. The van der Waals surface area contributed by atoms with Crippen LogP contribution in [0.5, 0.6) is 0 Å². The maximum Gasteiger partial charge on any atom is 0.230 e. The molecule has 3 nitrogen and oxygen atoms in total. The molecule has 4 heteroatoms. The fourth-order valence-electron chi connectivity index (χ4n) is 3.06. The second kappa shape index (κ2) is 5.61. The van der Waals surface area contributed by atoms with E-state index in [-0.39, 0.29) is 5.41 Å². The Bertz CT molecular complexity index is 277. The van der Waals surface area contributed by atoms with Gasteiger partial charge in [0, 0.05) is 30.6 Å². The van der Waals surface area contributed by atoms with Crippen LogP contribution in [-0.4, -0.2) is 48.0 Å². The minimum atomic E-state index is -0.0868. The number of amides is 1. The molecule has 0 aliphatic carbocycles. The summed E-state index contributed by atoms with van der Waals surface area (Å²) in [5.74, 6) is 1.51. The molecule has 2 saturated heterocycles. The summed E-state index contributed by atoms with van der Waals surface area (Å²) in [4.78, 5) is 14.8. The van der Waals surface area contributed by atoms with Gasteiger partial charge in [0.25, 0.3) is 0 Å². The zero-order valence-corrected chi connectivity index (χ0v) is 11.8. The molecule has 2 rings (SSSR count).